The highest BCUT2D eigenvalue weighted by atomic mass is 19.1. The Bertz CT molecular complexity index is 890. The summed E-state index contributed by atoms with van der Waals surface area (Å²) in [7, 11) is 0. The molecule has 0 N–H and O–H groups in total. The first kappa shape index (κ1) is 19.4. The number of nitrogens with zero attached hydrogens (tertiary/aromatic N) is 3. The normalized spacial score (nSPS) is 17.3. The van der Waals surface area contributed by atoms with Crippen molar-refractivity contribution in [3.63, 3.8) is 0 Å². The summed E-state index contributed by atoms with van der Waals surface area (Å²) >= 11 is 0. The van der Waals surface area contributed by atoms with Crippen molar-refractivity contribution in [3.8, 4) is 0 Å². The molecule has 2 fully saturated rings. The summed E-state index contributed by atoms with van der Waals surface area (Å²) in [5.74, 6) is -0.427. The molecule has 0 radical (unpaired) electrons. The fraction of sp³-hybridized carbons (Fsp3) is 0.364. The third-order valence-electron chi connectivity index (χ3n) is 5.41. The van der Waals surface area contributed by atoms with E-state index in [4.69, 9.17) is 4.74 Å². The molecule has 0 atom stereocenters. The van der Waals surface area contributed by atoms with E-state index in [1.165, 1.54) is 6.07 Å². The lowest BCUT2D eigenvalue weighted by atomic mass is 10.1. The number of halogens is 1. The molecule has 2 aliphatic heterocycles. The van der Waals surface area contributed by atoms with Gasteiger partial charge in [0.2, 0.25) is 0 Å². The van der Waals surface area contributed by atoms with Gasteiger partial charge in [-0.15, -0.1) is 0 Å². The SMILES string of the molecule is O=C(c1cccc(C(=O)N2CCN(c3ccccc3F)CC2)c1)N1CCOCC1. The molecule has 2 aromatic carbocycles. The van der Waals surface area contributed by atoms with E-state index in [1.807, 2.05) is 11.0 Å². The summed E-state index contributed by atoms with van der Waals surface area (Å²) in [5, 5.41) is 0. The maximum absolute atomic E-state index is 14.0. The molecule has 6 nitrogen and oxygen atoms in total. The summed E-state index contributed by atoms with van der Waals surface area (Å²) in [5.41, 5.74) is 1.59. The minimum atomic E-state index is -0.249. The molecule has 29 heavy (non-hydrogen) atoms. The van der Waals surface area contributed by atoms with Crippen LogP contribution in [0.2, 0.25) is 0 Å². The van der Waals surface area contributed by atoms with Crippen molar-refractivity contribution < 1.29 is 18.7 Å². The maximum atomic E-state index is 14.0. The van der Waals surface area contributed by atoms with Crippen LogP contribution in [0.1, 0.15) is 20.7 Å². The van der Waals surface area contributed by atoms with Crippen molar-refractivity contribution in [1.29, 1.82) is 0 Å². The smallest absolute Gasteiger partial charge is 0.254 e. The van der Waals surface area contributed by atoms with Crippen LogP contribution in [0.3, 0.4) is 0 Å². The van der Waals surface area contributed by atoms with Crippen LogP contribution in [-0.4, -0.2) is 74.1 Å². The molecule has 0 aromatic heterocycles. The lowest BCUT2D eigenvalue weighted by Gasteiger charge is -2.36. The minimum Gasteiger partial charge on any atom is -0.378 e. The number of amides is 2. The van der Waals surface area contributed by atoms with Gasteiger partial charge in [0, 0.05) is 50.4 Å². The standard InChI is InChI=1S/C22H24FN3O3/c23-19-6-1-2-7-20(19)24-8-10-25(11-9-24)21(27)17-4-3-5-18(16-17)22(28)26-12-14-29-15-13-26/h1-7,16H,8-15H2. The van der Waals surface area contributed by atoms with E-state index in [1.54, 1.807) is 46.2 Å². The average molecular weight is 397 g/mol. The monoisotopic (exact) mass is 397 g/mol. The van der Waals surface area contributed by atoms with Gasteiger partial charge in [-0.1, -0.05) is 18.2 Å². The topological polar surface area (TPSA) is 53.1 Å². The molecule has 0 spiro atoms. The molecule has 152 valence electrons. The highest BCUT2D eigenvalue weighted by Gasteiger charge is 2.25. The molecule has 4 rings (SSSR count). The van der Waals surface area contributed by atoms with Gasteiger partial charge < -0.3 is 19.4 Å². The highest BCUT2D eigenvalue weighted by Crippen LogP contribution is 2.21. The molecular weight excluding hydrogens is 373 g/mol. The van der Waals surface area contributed by atoms with Gasteiger partial charge in [0.1, 0.15) is 5.82 Å². The number of carbonyl (C=O) groups is 2. The Morgan fingerprint density at radius 3 is 1.97 bits per heavy atom. The number of rotatable bonds is 3. The Balaban J connectivity index is 1.41. The second kappa shape index (κ2) is 8.61. The zero-order chi connectivity index (χ0) is 20.2. The number of hydrogen-bond acceptors (Lipinski definition) is 4. The number of para-hydroxylation sites is 1. The first-order valence-corrected chi connectivity index (χ1v) is 9.89. The number of hydrogen-bond donors (Lipinski definition) is 0. The summed E-state index contributed by atoms with van der Waals surface area (Å²) in [6, 6.07) is 13.6. The quantitative estimate of drug-likeness (QED) is 0.797. The zero-order valence-corrected chi connectivity index (χ0v) is 16.2. The summed E-state index contributed by atoms with van der Waals surface area (Å²) in [6.07, 6.45) is 0. The third-order valence-corrected chi connectivity index (χ3v) is 5.41. The van der Waals surface area contributed by atoms with Crippen molar-refractivity contribution in [3.05, 3.63) is 65.5 Å². The molecule has 2 amide bonds. The molecule has 0 unspecified atom stereocenters. The Morgan fingerprint density at radius 1 is 0.759 bits per heavy atom. The molecule has 0 saturated carbocycles. The number of benzene rings is 2. The van der Waals surface area contributed by atoms with Crippen LogP contribution in [0.5, 0.6) is 0 Å². The molecule has 2 aliphatic rings. The third kappa shape index (κ3) is 4.24. The van der Waals surface area contributed by atoms with E-state index in [9.17, 15) is 14.0 Å². The van der Waals surface area contributed by atoms with Gasteiger partial charge in [-0.2, -0.15) is 0 Å². The first-order valence-electron chi connectivity index (χ1n) is 9.89. The van der Waals surface area contributed by atoms with E-state index in [0.29, 0.717) is 69.3 Å². The van der Waals surface area contributed by atoms with E-state index >= 15 is 0 Å². The summed E-state index contributed by atoms with van der Waals surface area (Å²) < 4.78 is 19.3. The van der Waals surface area contributed by atoms with E-state index in [0.717, 1.165) is 0 Å². The summed E-state index contributed by atoms with van der Waals surface area (Å²) in [4.78, 5) is 31.1. The Hall–Kier alpha value is -2.93. The number of carbonyl (C=O) groups excluding carboxylic acids is 2. The lowest BCUT2D eigenvalue weighted by molar-refractivity contribution is 0.0303. The van der Waals surface area contributed by atoms with E-state index in [-0.39, 0.29) is 17.6 Å². The predicted molar refractivity (Wildman–Crippen MR) is 108 cm³/mol. The largest absolute Gasteiger partial charge is 0.378 e. The second-order valence-corrected chi connectivity index (χ2v) is 7.22. The van der Waals surface area contributed by atoms with Crippen molar-refractivity contribution in [2.45, 2.75) is 0 Å². The Labute approximate surface area is 169 Å². The summed E-state index contributed by atoms with van der Waals surface area (Å²) in [6.45, 7) is 4.36. The molecule has 2 heterocycles. The Kier molecular flexibility index (Phi) is 5.76. The molecule has 2 saturated heterocycles. The number of ether oxygens (including phenoxy) is 1. The van der Waals surface area contributed by atoms with Crippen LogP contribution in [-0.2, 0) is 4.74 Å². The van der Waals surface area contributed by atoms with Crippen LogP contribution >= 0.6 is 0 Å². The van der Waals surface area contributed by atoms with Crippen molar-refractivity contribution >= 4 is 17.5 Å². The van der Waals surface area contributed by atoms with Gasteiger partial charge >= 0.3 is 0 Å². The second-order valence-electron chi connectivity index (χ2n) is 7.22. The van der Waals surface area contributed by atoms with Gasteiger partial charge in [-0.3, -0.25) is 9.59 Å². The van der Waals surface area contributed by atoms with Crippen LogP contribution in [0.4, 0.5) is 10.1 Å². The average Bonchev–Trinajstić information content (AvgIpc) is 2.79. The number of morpholine rings is 1. The Morgan fingerprint density at radius 2 is 1.34 bits per heavy atom. The van der Waals surface area contributed by atoms with Crippen molar-refractivity contribution in [2.75, 3.05) is 57.4 Å². The van der Waals surface area contributed by atoms with Gasteiger partial charge in [-0.25, -0.2) is 4.39 Å². The number of piperazine rings is 1. The van der Waals surface area contributed by atoms with Crippen LogP contribution in [0.15, 0.2) is 48.5 Å². The first-order chi connectivity index (χ1) is 14.1. The molecule has 0 bridgehead atoms. The van der Waals surface area contributed by atoms with E-state index < -0.39 is 0 Å². The minimum absolute atomic E-state index is 0.0766. The van der Waals surface area contributed by atoms with Crippen LogP contribution < -0.4 is 4.90 Å². The lowest BCUT2D eigenvalue weighted by Crippen LogP contribution is -2.49. The molecule has 7 heteroatoms. The van der Waals surface area contributed by atoms with E-state index in [2.05, 4.69) is 0 Å². The fourth-order valence-corrected chi connectivity index (χ4v) is 3.78. The molecule has 0 aliphatic carbocycles. The fourth-order valence-electron chi connectivity index (χ4n) is 3.78. The van der Waals surface area contributed by atoms with Crippen LogP contribution in [0, 0.1) is 5.82 Å². The zero-order valence-electron chi connectivity index (χ0n) is 16.2. The van der Waals surface area contributed by atoms with Gasteiger partial charge in [-0.05, 0) is 30.3 Å². The van der Waals surface area contributed by atoms with Gasteiger partial charge in [0.05, 0.1) is 18.9 Å². The van der Waals surface area contributed by atoms with Crippen LogP contribution in [0.25, 0.3) is 0 Å². The van der Waals surface area contributed by atoms with Crippen molar-refractivity contribution in [1.82, 2.24) is 9.80 Å². The molecular formula is C22H24FN3O3. The van der Waals surface area contributed by atoms with Crippen molar-refractivity contribution in [2.24, 2.45) is 0 Å². The maximum Gasteiger partial charge on any atom is 0.254 e. The highest BCUT2D eigenvalue weighted by molar-refractivity contribution is 5.99. The molecule has 2 aromatic rings. The number of anilines is 1. The predicted octanol–water partition coefficient (Wildman–Crippen LogP) is 2.26. The van der Waals surface area contributed by atoms with Gasteiger partial charge in [0.15, 0.2) is 0 Å². The van der Waals surface area contributed by atoms with Gasteiger partial charge in [0.25, 0.3) is 11.8 Å².